The fourth-order valence-electron chi connectivity index (χ4n) is 1.87. The van der Waals surface area contributed by atoms with E-state index in [2.05, 4.69) is 16.5 Å². The molecule has 1 aromatic carbocycles. The van der Waals surface area contributed by atoms with E-state index in [1.165, 1.54) is 17.6 Å². The fraction of sp³-hybridized carbons (Fsp3) is 0.385. The average Bonchev–Trinajstić information content (AvgIpc) is 2.80. The molecule has 3 nitrogen and oxygen atoms in total. The molecule has 18 heavy (non-hydrogen) atoms. The molecule has 0 bridgehead atoms. The number of hydrogen-bond acceptors (Lipinski definition) is 4. The molecule has 0 aliphatic carbocycles. The molecule has 5 heteroatoms. The normalized spacial score (nSPS) is 12.7. The first-order chi connectivity index (χ1) is 8.63. The second-order valence-corrected chi connectivity index (χ2v) is 5.11. The Morgan fingerprint density at radius 1 is 1.44 bits per heavy atom. The highest BCUT2D eigenvalue weighted by Gasteiger charge is 2.17. The third-order valence-electron chi connectivity index (χ3n) is 2.90. The summed E-state index contributed by atoms with van der Waals surface area (Å²) in [6, 6.07) is 4.70. The van der Waals surface area contributed by atoms with E-state index in [0.29, 0.717) is 5.56 Å². The van der Waals surface area contributed by atoms with E-state index >= 15 is 0 Å². The molecular formula is C13H16FN3S. The van der Waals surface area contributed by atoms with E-state index < -0.39 is 0 Å². The molecule has 0 aliphatic heterocycles. The molecule has 2 aromatic rings. The molecule has 1 aromatic heterocycles. The van der Waals surface area contributed by atoms with Crippen molar-refractivity contribution in [1.29, 1.82) is 0 Å². The number of benzene rings is 1. The number of hydrogen-bond donors (Lipinski definition) is 1. The predicted octanol–water partition coefficient (Wildman–Crippen LogP) is 2.99. The van der Waals surface area contributed by atoms with Gasteiger partial charge in [0.1, 0.15) is 5.82 Å². The van der Waals surface area contributed by atoms with Gasteiger partial charge in [0.15, 0.2) is 0 Å². The van der Waals surface area contributed by atoms with Crippen LogP contribution in [-0.4, -0.2) is 9.59 Å². The summed E-state index contributed by atoms with van der Waals surface area (Å²) in [5.41, 5.74) is 8.68. The second kappa shape index (κ2) is 5.54. The minimum absolute atomic E-state index is 0.206. The summed E-state index contributed by atoms with van der Waals surface area (Å²) in [4.78, 5) is 0.975. The highest BCUT2D eigenvalue weighted by atomic mass is 32.1. The zero-order valence-corrected chi connectivity index (χ0v) is 11.3. The third kappa shape index (κ3) is 2.57. The molecule has 1 atom stereocenters. The van der Waals surface area contributed by atoms with Crippen molar-refractivity contribution in [2.45, 2.75) is 32.7 Å². The zero-order valence-electron chi connectivity index (χ0n) is 10.5. The van der Waals surface area contributed by atoms with E-state index in [9.17, 15) is 4.39 Å². The van der Waals surface area contributed by atoms with Gasteiger partial charge in [0, 0.05) is 0 Å². The summed E-state index contributed by atoms with van der Waals surface area (Å²) in [7, 11) is 0. The second-order valence-electron chi connectivity index (χ2n) is 4.32. The van der Waals surface area contributed by atoms with Gasteiger partial charge >= 0.3 is 0 Å². The van der Waals surface area contributed by atoms with Crippen LogP contribution in [0.3, 0.4) is 0 Å². The lowest BCUT2D eigenvalue weighted by Crippen LogP contribution is -2.12. The van der Waals surface area contributed by atoms with Crippen LogP contribution in [0.25, 0.3) is 0 Å². The summed E-state index contributed by atoms with van der Waals surface area (Å²) >= 11 is 1.32. The number of aryl methyl sites for hydroxylation is 2. The van der Waals surface area contributed by atoms with Crippen LogP contribution in [-0.2, 0) is 6.42 Å². The Bertz CT molecular complexity index is 539. The van der Waals surface area contributed by atoms with Crippen molar-refractivity contribution in [3.05, 3.63) is 45.7 Å². The highest BCUT2D eigenvalue weighted by Crippen LogP contribution is 2.26. The average molecular weight is 265 g/mol. The largest absolute Gasteiger partial charge is 0.320 e. The van der Waals surface area contributed by atoms with E-state index in [4.69, 9.17) is 5.73 Å². The van der Waals surface area contributed by atoms with Crippen LogP contribution in [0.5, 0.6) is 0 Å². The number of nitrogens with two attached hydrogens (primary N) is 1. The molecule has 0 spiro atoms. The lowest BCUT2D eigenvalue weighted by atomic mass is 10.0. The van der Waals surface area contributed by atoms with E-state index in [-0.39, 0.29) is 11.9 Å². The van der Waals surface area contributed by atoms with Gasteiger partial charge in [-0.25, -0.2) is 4.39 Å². The first-order valence-corrected chi connectivity index (χ1v) is 6.73. The summed E-state index contributed by atoms with van der Waals surface area (Å²) in [6.45, 7) is 3.83. The Morgan fingerprint density at radius 3 is 2.89 bits per heavy atom. The zero-order chi connectivity index (χ0) is 13.1. The van der Waals surface area contributed by atoms with Crippen LogP contribution in [0, 0.1) is 12.7 Å². The minimum atomic E-state index is -0.272. The van der Waals surface area contributed by atoms with Gasteiger partial charge in [-0.05, 0) is 42.1 Å². The van der Waals surface area contributed by atoms with Crippen LogP contribution in [0.4, 0.5) is 4.39 Å². The van der Waals surface area contributed by atoms with Gasteiger partial charge in [0.25, 0.3) is 0 Å². The van der Waals surface area contributed by atoms with Crippen LogP contribution in [0.1, 0.15) is 41.1 Å². The van der Waals surface area contributed by atoms with Crippen LogP contribution in [0.2, 0.25) is 0 Å². The van der Waals surface area contributed by atoms with Gasteiger partial charge in [0.2, 0.25) is 0 Å². The Labute approximate surface area is 110 Å². The molecule has 0 radical (unpaired) electrons. The molecule has 0 fully saturated rings. The van der Waals surface area contributed by atoms with Gasteiger partial charge in [-0.15, -0.1) is 5.10 Å². The van der Waals surface area contributed by atoms with Gasteiger partial charge in [-0.1, -0.05) is 30.0 Å². The summed E-state index contributed by atoms with van der Waals surface area (Å²) < 4.78 is 17.2. The van der Waals surface area contributed by atoms with Crippen molar-refractivity contribution in [1.82, 2.24) is 9.59 Å². The molecule has 0 amide bonds. The maximum atomic E-state index is 13.2. The molecule has 0 saturated heterocycles. The molecule has 2 rings (SSSR count). The lowest BCUT2D eigenvalue weighted by molar-refractivity contribution is 0.617. The maximum Gasteiger partial charge on any atom is 0.126 e. The van der Waals surface area contributed by atoms with Crippen molar-refractivity contribution in [2.24, 2.45) is 5.73 Å². The SMILES string of the molecule is CCCc1nnsc1C(N)c1ccc(F)c(C)c1. The predicted molar refractivity (Wildman–Crippen MR) is 71.1 cm³/mol. The molecule has 1 heterocycles. The number of aromatic nitrogens is 2. The van der Waals surface area contributed by atoms with E-state index in [1.54, 1.807) is 19.1 Å². The minimum Gasteiger partial charge on any atom is -0.320 e. The van der Waals surface area contributed by atoms with Gasteiger partial charge < -0.3 is 5.73 Å². The Balaban J connectivity index is 2.32. The molecule has 96 valence electrons. The van der Waals surface area contributed by atoms with Gasteiger partial charge in [0.05, 0.1) is 16.6 Å². The van der Waals surface area contributed by atoms with Crippen molar-refractivity contribution >= 4 is 11.5 Å². The quantitative estimate of drug-likeness (QED) is 0.924. The molecular weight excluding hydrogens is 249 g/mol. The summed E-state index contributed by atoms with van der Waals surface area (Å²) in [5, 5.41) is 4.11. The van der Waals surface area contributed by atoms with Crippen LogP contribution in [0.15, 0.2) is 18.2 Å². The summed E-state index contributed by atoms with van der Waals surface area (Å²) in [6.07, 6.45) is 1.88. The smallest absolute Gasteiger partial charge is 0.126 e. The summed E-state index contributed by atoms with van der Waals surface area (Å²) in [5.74, 6) is -0.206. The van der Waals surface area contributed by atoms with Crippen LogP contribution < -0.4 is 5.73 Å². The monoisotopic (exact) mass is 265 g/mol. The topological polar surface area (TPSA) is 51.8 Å². The Kier molecular flexibility index (Phi) is 4.04. The molecule has 1 unspecified atom stereocenters. The van der Waals surface area contributed by atoms with Gasteiger partial charge in [-0.3, -0.25) is 0 Å². The molecule has 2 N–H and O–H groups in total. The Morgan fingerprint density at radius 2 is 2.22 bits per heavy atom. The number of halogens is 1. The van der Waals surface area contributed by atoms with Crippen molar-refractivity contribution in [2.75, 3.05) is 0 Å². The first kappa shape index (κ1) is 13.1. The Hall–Kier alpha value is -1.33. The standard InChI is InChI=1S/C13H16FN3S/c1-3-4-11-13(18-17-16-11)12(15)9-5-6-10(14)8(2)7-9/h5-7,12H,3-4,15H2,1-2H3. The fourth-order valence-corrected chi connectivity index (χ4v) is 2.60. The highest BCUT2D eigenvalue weighted by molar-refractivity contribution is 7.05. The molecule has 0 aliphatic rings. The third-order valence-corrected chi connectivity index (χ3v) is 3.75. The van der Waals surface area contributed by atoms with Gasteiger partial charge in [-0.2, -0.15) is 0 Å². The maximum absolute atomic E-state index is 13.2. The van der Waals surface area contributed by atoms with Crippen molar-refractivity contribution in [3.8, 4) is 0 Å². The van der Waals surface area contributed by atoms with Crippen molar-refractivity contribution in [3.63, 3.8) is 0 Å². The first-order valence-electron chi connectivity index (χ1n) is 5.96. The molecule has 0 saturated carbocycles. The van der Waals surface area contributed by atoms with Crippen LogP contribution >= 0.6 is 11.5 Å². The van der Waals surface area contributed by atoms with E-state index in [1.807, 2.05) is 0 Å². The van der Waals surface area contributed by atoms with E-state index in [0.717, 1.165) is 29.0 Å². The van der Waals surface area contributed by atoms with Crippen molar-refractivity contribution < 1.29 is 4.39 Å². The number of nitrogens with zero attached hydrogens (tertiary/aromatic N) is 2. The number of rotatable bonds is 4. The lowest BCUT2D eigenvalue weighted by Gasteiger charge is -2.12.